The molecule has 1 saturated carbocycles. The number of benzene rings is 1. The minimum absolute atomic E-state index is 0.702. The molecule has 2 heterocycles. The third-order valence-corrected chi connectivity index (χ3v) is 5.76. The Bertz CT molecular complexity index is 886. The van der Waals surface area contributed by atoms with Crippen LogP contribution in [-0.2, 0) is 0 Å². The second-order valence-corrected chi connectivity index (χ2v) is 7.88. The smallest absolute Gasteiger partial charge is 0.172 e. The van der Waals surface area contributed by atoms with Gasteiger partial charge in [0.2, 0.25) is 0 Å². The first kappa shape index (κ1) is 16.9. The third kappa shape index (κ3) is 3.53. The first-order chi connectivity index (χ1) is 12.2. The van der Waals surface area contributed by atoms with Crippen molar-refractivity contribution < 1.29 is 0 Å². The number of aromatic nitrogens is 3. The van der Waals surface area contributed by atoms with Gasteiger partial charge in [-0.15, -0.1) is 0 Å². The molecule has 0 radical (unpaired) electrons. The van der Waals surface area contributed by atoms with Crippen LogP contribution in [0.15, 0.2) is 41.0 Å². The fourth-order valence-corrected chi connectivity index (χ4v) is 4.09. The molecule has 0 atom stereocenters. The average molecular weight is 420 g/mol. The summed E-state index contributed by atoms with van der Waals surface area (Å²) in [4.78, 5) is 4.75. The van der Waals surface area contributed by atoms with Crippen LogP contribution in [0.1, 0.15) is 32.1 Å². The lowest BCUT2D eigenvalue weighted by molar-refractivity contribution is 0.373. The monoisotopic (exact) mass is 418 g/mol. The van der Waals surface area contributed by atoms with Gasteiger partial charge >= 0.3 is 0 Å². The molecular weight excluding hydrogens is 400 g/mol. The van der Waals surface area contributed by atoms with Gasteiger partial charge < -0.3 is 5.32 Å². The van der Waals surface area contributed by atoms with Gasteiger partial charge in [-0.3, -0.25) is 0 Å². The highest BCUT2D eigenvalue weighted by molar-refractivity contribution is 9.10. The van der Waals surface area contributed by atoms with Crippen LogP contribution in [0, 0.1) is 5.92 Å². The summed E-state index contributed by atoms with van der Waals surface area (Å²) in [5.74, 6) is 1.69. The predicted octanol–water partition coefficient (Wildman–Crippen LogP) is 5.80. The Labute approximate surface area is 160 Å². The van der Waals surface area contributed by atoms with Gasteiger partial charge in [-0.1, -0.05) is 49.1 Å². The van der Waals surface area contributed by atoms with E-state index in [1.54, 1.807) is 6.20 Å². The first-order valence-corrected chi connectivity index (χ1v) is 9.92. The Morgan fingerprint density at radius 3 is 2.80 bits per heavy atom. The Balaban J connectivity index is 1.70. The van der Waals surface area contributed by atoms with Crippen molar-refractivity contribution in [1.82, 2.24) is 14.6 Å². The summed E-state index contributed by atoms with van der Waals surface area (Å²) >= 11 is 9.93. The van der Waals surface area contributed by atoms with Gasteiger partial charge in [-0.05, 0) is 40.8 Å². The summed E-state index contributed by atoms with van der Waals surface area (Å²) in [6, 6.07) is 9.84. The van der Waals surface area contributed by atoms with Crippen LogP contribution >= 0.6 is 27.5 Å². The SMILES string of the molecule is Clc1ccccc1-c1cc(NCC2CCCCC2)n2ncc(Br)c2n1. The van der Waals surface area contributed by atoms with Crippen LogP contribution in [0.25, 0.3) is 16.9 Å². The summed E-state index contributed by atoms with van der Waals surface area (Å²) in [6.07, 6.45) is 8.46. The Kier molecular flexibility index (Phi) is 4.95. The second-order valence-electron chi connectivity index (χ2n) is 6.62. The molecule has 1 fully saturated rings. The molecule has 0 aliphatic heterocycles. The first-order valence-electron chi connectivity index (χ1n) is 8.75. The Morgan fingerprint density at radius 1 is 1.20 bits per heavy atom. The normalized spacial score (nSPS) is 15.6. The zero-order chi connectivity index (χ0) is 17.2. The van der Waals surface area contributed by atoms with Crippen LogP contribution < -0.4 is 5.32 Å². The highest BCUT2D eigenvalue weighted by Gasteiger charge is 2.16. The number of halogens is 2. The molecule has 6 heteroatoms. The topological polar surface area (TPSA) is 42.2 Å². The number of nitrogens with zero attached hydrogens (tertiary/aromatic N) is 3. The molecular formula is C19H20BrClN4. The lowest BCUT2D eigenvalue weighted by Crippen LogP contribution is -2.18. The number of hydrogen-bond donors (Lipinski definition) is 1. The van der Waals surface area contributed by atoms with Gasteiger partial charge in [0.1, 0.15) is 5.82 Å². The average Bonchev–Trinajstić information content (AvgIpc) is 3.02. The molecule has 1 aliphatic carbocycles. The van der Waals surface area contributed by atoms with Crippen molar-refractivity contribution >= 4 is 39.0 Å². The molecule has 4 rings (SSSR count). The number of hydrogen-bond acceptors (Lipinski definition) is 3. The summed E-state index contributed by atoms with van der Waals surface area (Å²) in [7, 11) is 0. The zero-order valence-electron chi connectivity index (χ0n) is 13.9. The molecule has 3 aromatic rings. The van der Waals surface area contributed by atoms with E-state index in [0.29, 0.717) is 5.02 Å². The second kappa shape index (κ2) is 7.34. The van der Waals surface area contributed by atoms with Crippen molar-refractivity contribution in [1.29, 1.82) is 0 Å². The van der Waals surface area contributed by atoms with E-state index < -0.39 is 0 Å². The molecule has 0 bridgehead atoms. The van der Waals surface area contributed by atoms with E-state index in [-0.39, 0.29) is 0 Å². The molecule has 1 N–H and O–H groups in total. The van der Waals surface area contributed by atoms with Crippen LogP contribution in [-0.4, -0.2) is 21.1 Å². The molecule has 25 heavy (non-hydrogen) atoms. The van der Waals surface area contributed by atoms with E-state index in [0.717, 1.165) is 39.7 Å². The molecule has 0 saturated heterocycles. The maximum absolute atomic E-state index is 6.38. The molecule has 2 aromatic heterocycles. The molecule has 0 unspecified atom stereocenters. The number of fused-ring (bicyclic) bond motifs is 1. The van der Waals surface area contributed by atoms with Gasteiger partial charge in [0.05, 0.1) is 16.4 Å². The minimum Gasteiger partial charge on any atom is -0.370 e. The minimum atomic E-state index is 0.702. The summed E-state index contributed by atoms with van der Waals surface area (Å²) < 4.78 is 2.73. The standard InChI is InChI=1S/C19H20BrClN4/c20-15-12-23-25-18(22-11-13-6-2-1-3-7-13)10-17(24-19(15)25)14-8-4-5-9-16(14)21/h4-5,8-10,12-13,22H,1-3,6-7,11H2. The van der Waals surface area contributed by atoms with Gasteiger partial charge in [0, 0.05) is 23.2 Å². The predicted molar refractivity (Wildman–Crippen MR) is 106 cm³/mol. The van der Waals surface area contributed by atoms with Crippen LogP contribution in [0.4, 0.5) is 5.82 Å². The van der Waals surface area contributed by atoms with Crippen LogP contribution in [0.2, 0.25) is 5.02 Å². The molecule has 1 aromatic carbocycles. The van der Waals surface area contributed by atoms with E-state index in [2.05, 4.69) is 26.3 Å². The van der Waals surface area contributed by atoms with Gasteiger partial charge in [0.15, 0.2) is 5.65 Å². The summed E-state index contributed by atoms with van der Waals surface area (Å²) in [5, 5.41) is 8.75. The highest BCUT2D eigenvalue weighted by Crippen LogP contribution is 2.31. The van der Waals surface area contributed by atoms with E-state index in [4.69, 9.17) is 16.6 Å². The van der Waals surface area contributed by atoms with Crippen molar-refractivity contribution in [3.05, 3.63) is 46.0 Å². The third-order valence-electron chi connectivity index (χ3n) is 4.88. The zero-order valence-corrected chi connectivity index (χ0v) is 16.2. The van der Waals surface area contributed by atoms with E-state index in [1.807, 2.05) is 34.8 Å². The van der Waals surface area contributed by atoms with Crippen molar-refractivity contribution in [3.63, 3.8) is 0 Å². The fourth-order valence-electron chi connectivity index (χ4n) is 3.51. The Hall–Kier alpha value is -1.59. The molecule has 0 amide bonds. The van der Waals surface area contributed by atoms with Crippen LogP contribution in [0.5, 0.6) is 0 Å². The summed E-state index contributed by atoms with van der Waals surface area (Å²) in [6.45, 7) is 0.971. The summed E-state index contributed by atoms with van der Waals surface area (Å²) in [5.41, 5.74) is 2.58. The lowest BCUT2D eigenvalue weighted by atomic mass is 9.89. The fraction of sp³-hybridized carbons (Fsp3) is 0.368. The quantitative estimate of drug-likeness (QED) is 0.580. The molecule has 1 aliphatic rings. The van der Waals surface area contributed by atoms with Gasteiger partial charge in [0.25, 0.3) is 0 Å². The molecule has 130 valence electrons. The van der Waals surface area contributed by atoms with Crippen molar-refractivity contribution in [2.75, 3.05) is 11.9 Å². The Morgan fingerprint density at radius 2 is 2.00 bits per heavy atom. The van der Waals surface area contributed by atoms with Gasteiger partial charge in [-0.25, -0.2) is 4.98 Å². The molecule has 0 spiro atoms. The highest BCUT2D eigenvalue weighted by atomic mass is 79.9. The van der Waals surface area contributed by atoms with E-state index in [1.165, 1.54) is 32.1 Å². The van der Waals surface area contributed by atoms with Crippen molar-refractivity contribution in [3.8, 4) is 11.3 Å². The molecule has 4 nitrogen and oxygen atoms in total. The lowest BCUT2D eigenvalue weighted by Gasteiger charge is -2.22. The van der Waals surface area contributed by atoms with E-state index >= 15 is 0 Å². The maximum atomic E-state index is 6.38. The number of rotatable bonds is 4. The van der Waals surface area contributed by atoms with Gasteiger partial charge in [-0.2, -0.15) is 9.61 Å². The largest absolute Gasteiger partial charge is 0.370 e. The number of nitrogens with one attached hydrogen (secondary N) is 1. The van der Waals surface area contributed by atoms with Crippen LogP contribution in [0.3, 0.4) is 0 Å². The maximum Gasteiger partial charge on any atom is 0.172 e. The van der Waals surface area contributed by atoms with Crippen molar-refractivity contribution in [2.45, 2.75) is 32.1 Å². The number of anilines is 1. The van der Waals surface area contributed by atoms with Crippen molar-refractivity contribution in [2.24, 2.45) is 5.92 Å². The van der Waals surface area contributed by atoms with E-state index in [9.17, 15) is 0 Å².